The van der Waals surface area contributed by atoms with Crippen molar-refractivity contribution in [1.82, 2.24) is 14.9 Å². The first-order chi connectivity index (χ1) is 13.6. The molecule has 0 unspecified atom stereocenters. The minimum absolute atomic E-state index is 0.0933. The fraction of sp³-hybridized carbons (Fsp3) is 0.450. The molecule has 2 heterocycles. The highest BCUT2D eigenvalue weighted by atomic mass is 19.1. The number of methoxy groups -OCH3 is 1. The number of nitrogens with zero attached hydrogens (tertiary/aromatic N) is 4. The number of amides is 1. The average molecular weight is 387 g/mol. The van der Waals surface area contributed by atoms with E-state index in [2.05, 4.69) is 20.2 Å². The van der Waals surface area contributed by atoms with Gasteiger partial charge >= 0.3 is 0 Å². The van der Waals surface area contributed by atoms with Crippen molar-refractivity contribution in [2.24, 2.45) is 0 Å². The molecule has 1 aromatic carbocycles. The number of rotatable bonds is 7. The van der Waals surface area contributed by atoms with E-state index in [1.807, 2.05) is 0 Å². The summed E-state index contributed by atoms with van der Waals surface area (Å²) < 4.78 is 18.1. The number of halogens is 1. The van der Waals surface area contributed by atoms with Gasteiger partial charge in [-0.15, -0.1) is 0 Å². The maximum Gasteiger partial charge on any atom is 0.272 e. The second-order valence-electron chi connectivity index (χ2n) is 6.71. The summed E-state index contributed by atoms with van der Waals surface area (Å²) in [4.78, 5) is 25.5. The molecule has 1 saturated heterocycles. The van der Waals surface area contributed by atoms with Crippen molar-refractivity contribution in [3.63, 3.8) is 0 Å². The van der Waals surface area contributed by atoms with E-state index in [1.54, 1.807) is 37.1 Å². The van der Waals surface area contributed by atoms with E-state index in [-0.39, 0.29) is 11.7 Å². The third-order valence-corrected chi connectivity index (χ3v) is 4.65. The molecule has 0 atom stereocenters. The molecule has 1 amide bonds. The summed E-state index contributed by atoms with van der Waals surface area (Å²) in [6.45, 7) is 5.75. The zero-order valence-electron chi connectivity index (χ0n) is 16.3. The number of aryl methyl sites for hydroxylation is 1. The molecule has 0 saturated carbocycles. The number of benzene rings is 1. The van der Waals surface area contributed by atoms with Crippen LogP contribution in [0.1, 0.15) is 22.7 Å². The molecule has 0 bridgehead atoms. The van der Waals surface area contributed by atoms with Gasteiger partial charge < -0.3 is 19.9 Å². The molecule has 3 rings (SSSR count). The van der Waals surface area contributed by atoms with Gasteiger partial charge in [0.2, 0.25) is 0 Å². The lowest BCUT2D eigenvalue weighted by molar-refractivity contribution is 0.0740. The minimum Gasteiger partial charge on any atom is -0.385 e. The second kappa shape index (κ2) is 9.45. The molecule has 1 N–H and O–H groups in total. The normalized spacial score (nSPS) is 14.2. The highest BCUT2D eigenvalue weighted by molar-refractivity contribution is 5.93. The van der Waals surface area contributed by atoms with Crippen LogP contribution in [0, 0.1) is 12.7 Å². The average Bonchev–Trinajstić information content (AvgIpc) is 2.71. The molecule has 0 aliphatic carbocycles. The molecular weight excluding hydrogens is 361 g/mol. The SMILES string of the molecule is COCCCNc1cc(C(=O)N2CCN(c3ccc(F)cc3)CC2)nc(C)n1. The van der Waals surface area contributed by atoms with E-state index >= 15 is 0 Å². The van der Waals surface area contributed by atoms with E-state index in [0.29, 0.717) is 56.7 Å². The molecular formula is C20H26FN5O2. The van der Waals surface area contributed by atoms with Crippen molar-refractivity contribution in [2.45, 2.75) is 13.3 Å². The lowest BCUT2D eigenvalue weighted by Gasteiger charge is -2.36. The summed E-state index contributed by atoms with van der Waals surface area (Å²) in [6, 6.07) is 8.15. The predicted octanol–water partition coefficient (Wildman–Crippen LogP) is 2.33. The van der Waals surface area contributed by atoms with Crippen LogP contribution in [0.2, 0.25) is 0 Å². The van der Waals surface area contributed by atoms with Crippen LogP contribution in [-0.2, 0) is 4.74 Å². The fourth-order valence-electron chi connectivity index (χ4n) is 3.18. The van der Waals surface area contributed by atoms with Gasteiger partial charge in [-0.05, 0) is 37.6 Å². The Hall–Kier alpha value is -2.74. The maximum absolute atomic E-state index is 13.1. The van der Waals surface area contributed by atoms with Crippen LogP contribution in [-0.4, -0.2) is 67.2 Å². The number of hydrogen-bond donors (Lipinski definition) is 1. The zero-order chi connectivity index (χ0) is 19.9. The van der Waals surface area contributed by atoms with Crippen molar-refractivity contribution in [3.8, 4) is 0 Å². The summed E-state index contributed by atoms with van der Waals surface area (Å²) in [7, 11) is 1.67. The van der Waals surface area contributed by atoms with Crippen molar-refractivity contribution >= 4 is 17.4 Å². The Balaban J connectivity index is 1.59. The van der Waals surface area contributed by atoms with Gasteiger partial charge in [-0.3, -0.25) is 4.79 Å². The molecule has 8 heteroatoms. The van der Waals surface area contributed by atoms with Gasteiger partial charge in [-0.1, -0.05) is 0 Å². The number of carbonyl (C=O) groups excluding carboxylic acids is 1. The highest BCUT2D eigenvalue weighted by Gasteiger charge is 2.24. The summed E-state index contributed by atoms with van der Waals surface area (Å²) in [5.74, 6) is 0.870. The van der Waals surface area contributed by atoms with Gasteiger partial charge in [0.1, 0.15) is 23.2 Å². The Morgan fingerprint density at radius 3 is 2.57 bits per heavy atom. The lowest BCUT2D eigenvalue weighted by Crippen LogP contribution is -2.49. The molecule has 7 nitrogen and oxygen atoms in total. The molecule has 1 aromatic heterocycles. The Kier molecular flexibility index (Phi) is 6.76. The van der Waals surface area contributed by atoms with Crippen molar-refractivity contribution in [3.05, 3.63) is 47.7 Å². The van der Waals surface area contributed by atoms with Crippen LogP contribution >= 0.6 is 0 Å². The van der Waals surface area contributed by atoms with Gasteiger partial charge in [0.15, 0.2) is 0 Å². The maximum atomic E-state index is 13.1. The third-order valence-electron chi connectivity index (χ3n) is 4.65. The smallest absolute Gasteiger partial charge is 0.272 e. The predicted molar refractivity (Wildman–Crippen MR) is 106 cm³/mol. The van der Waals surface area contributed by atoms with Crippen LogP contribution in [0.4, 0.5) is 15.9 Å². The van der Waals surface area contributed by atoms with Crippen molar-refractivity contribution < 1.29 is 13.9 Å². The van der Waals surface area contributed by atoms with E-state index in [0.717, 1.165) is 12.1 Å². The number of piperazine rings is 1. The van der Waals surface area contributed by atoms with Gasteiger partial charge in [0.05, 0.1) is 0 Å². The summed E-state index contributed by atoms with van der Waals surface area (Å²) >= 11 is 0. The third kappa shape index (κ3) is 5.16. The summed E-state index contributed by atoms with van der Waals surface area (Å²) in [6.07, 6.45) is 0.855. The number of aromatic nitrogens is 2. The number of carbonyl (C=O) groups is 1. The first-order valence-corrected chi connectivity index (χ1v) is 9.45. The van der Waals surface area contributed by atoms with Gasteiger partial charge in [-0.2, -0.15) is 0 Å². The van der Waals surface area contributed by atoms with Crippen molar-refractivity contribution in [1.29, 1.82) is 0 Å². The van der Waals surface area contributed by atoms with Gasteiger partial charge in [0.25, 0.3) is 5.91 Å². The number of hydrogen-bond acceptors (Lipinski definition) is 6. The van der Waals surface area contributed by atoms with Crippen LogP contribution in [0.3, 0.4) is 0 Å². The molecule has 0 spiro atoms. The Morgan fingerprint density at radius 1 is 1.18 bits per heavy atom. The molecule has 1 aliphatic rings. The molecule has 28 heavy (non-hydrogen) atoms. The van der Waals surface area contributed by atoms with Crippen LogP contribution in [0.15, 0.2) is 30.3 Å². The summed E-state index contributed by atoms with van der Waals surface area (Å²) in [5.41, 5.74) is 1.37. The van der Waals surface area contributed by atoms with Crippen LogP contribution in [0.5, 0.6) is 0 Å². The Bertz CT molecular complexity index is 792. The topological polar surface area (TPSA) is 70.6 Å². The first kappa shape index (κ1) is 20.0. The van der Waals surface area contributed by atoms with E-state index in [9.17, 15) is 9.18 Å². The monoisotopic (exact) mass is 387 g/mol. The Labute approximate surface area is 164 Å². The number of anilines is 2. The zero-order valence-corrected chi connectivity index (χ0v) is 16.3. The van der Waals surface area contributed by atoms with Gasteiger partial charge in [0, 0.05) is 58.2 Å². The van der Waals surface area contributed by atoms with E-state index < -0.39 is 0 Å². The number of nitrogens with one attached hydrogen (secondary N) is 1. The fourth-order valence-corrected chi connectivity index (χ4v) is 3.18. The number of ether oxygens (including phenoxy) is 1. The van der Waals surface area contributed by atoms with Gasteiger partial charge in [-0.25, -0.2) is 14.4 Å². The van der Waals surface area contributed by atoms with Crippen LogP contribution < -0.4 is 10.2 Å². The first-order valence-electron chi connectivity index (χ1n) is 9.45. The molecule has 1 fully saturated rings. The molecule has 2 aromatic rings. The largest absolute Gasteiger partial charge is 0.385 e. The Morgan fingerprint density at radius 2 is 1.89 bits per heavy atom. The van der Waals surface area contributed by atoms with E-state index in [1.165, 1.54) is 12.1 Å². The standard InChI is InChI=1S/C20H26FN5O2/c1-15-23-18(14-19(24-15)22-8-3-13-28-2)20(27)26-11-9-25(10-12-26)17-6-4-16(21)5-7-17/h4-7,14H,3,8-13H2,1-2H3,(H,22,23,24). The molecule has 1 aliphatic heterocycles. The lowest BCUT2D eigenvalue weighted by atomic mass is 10.2. The highest BCUT2D eigenvalue weighted by Crippen LogP contribution is 2.18. The minimum atomic E-state index is -0.247. The molecule has 0 radical (unpaired) electrons. The molecule has 150 valence electrons. The summed E-state index contributed by atoms with van der Waals surface area (Å²) in [5, 5.41) is 3.21. The quantitative estimate of drug-likeness (QED) is 0.736. The second-order valence-corrected chi connectivity index (χ2v) is 6.71. The van der Waals surface area contributed by atoms with Crippen molar-refractivity contribution in [2.75, 3.05) is 56.7 Å². The van der Waals surface area contributed by atoms with E-state index in [4.69, 9.17) is 4.74 Å². The van der Waals surface area contributed by atoms with Crippen LogP contribution in [0.25, 0.3) is 0 Å².